The van der Waals surface area contributed by atoms with Crippen molar-refractivity contribution in [2.24, 2.45) is 0 Å². The van der Waals surface area contributed by atoms with E-state index in [-0.39, 0.29) is 10.9 Å². The first kappa shape index (κ1) is 10.6. The topological polar surface area (TPSA) is 0 Å². The van der Waals surface area contributed by atoms with Gasteiger partial charge in [0.1, 0.15) is 11.6 Å². The lowest BCUT2D eigenvalue weighted by molar-refractivity contribution is 0.560. The minimum Gasteiger partial charge on any atom is -0.207 e. The number of rotatable bonds is 2. The van der Waals surface area contributed by atoms with E-state index in [0.29, 0.717) is 6.42 Å². The highest BCUT2D eigenvalue weighted by Crippen LogP contribution is 2.27. The van der Waals surface area contributed by atoms with Gasteiger partial charge >= 0.3 is 0 Å². The average molecular weight is 229 g/mol. The van der Waals surface area contributed by atoms with Gasteiger partial charge in [-0.3, -0.25) is 0 Å². The van der Waals surface area contributed by atoms with Gasteiger partial charge in [0.15, 0.2) is 0 Å². The third-order valence-electron chi connectivity index (χ3n) is 2.62. The van der Waals surface area contributed by atoms with Crippen LogP contribution in [0.15, 0.2) is 29.8 Å². The highest BCUT2D eigenvalue weighted by molar-refractivity contribution is 6.22. The molecule has 0 aromatic heterocycles. The predicted octanol–water partition coefficient (Wildman–Crippen LogP) is 3.83. The zero-order valence-electron chi connectivity index (χ0n) is 8.14. The van der Waals surface area contributed by atoms with Crippen molar-refractivity contribution in [2.45, 2.75) is 24.6 Å². The largest absolute Gasteiger partial charge is 0.207 e. The Hall–Kier alpha value is -0.890. The second-order valence-electron chi connectivity index (χ2n) is 3.76. The van der Waals surface area contributed by atoms with Crippen molar-refractivity contribution in [1.82, 2.24) is 0 Å². The monoisotopic (exact) mass is 228 g/mol. The fourth-order valence-electron chi connectivity index (χ4n) is 1.82. The smallest absolute Gasteiger partial charge is 0.129 e. The molecule has 0 heterocycles. The Labute approximate surface area is 92.6 Å². The lowest BCUT2D eigenvalue weighted by Crippen LogP contribution is -1.96. The molecule has 3 heteroatoms. The van der Waals surface area contributed by atoms with E-state index in [1.807, 2.05) is 6.08 Å². The standard InChI is InChI=1S/C12H11ClF2/c13-9-5-4-8(6-9)7-10-11(14)2-1-3-12(10)15/h1-3,6,9H,4-5,7H2. The van der Waals surface area contributed by atoms with Crippen LogP contribution in [0.3, 0.4) is 0 Å². The Morgan fingerprint density at radius 1 is 1.27 bits per heavy atom. The van der Waals surface area contributed by atoms with Crippen molar-refractivity contribution in [3.05, 3.63) is 47.0 Å². The lowest BCUT2D eigenvalue weighted by Gasteiger charge is -2.05. The summed E-state index contributed by atoms with van der Waals surface area (Å²) in [7, 11) is 0. The number of allylic oxidation sites excluding steroid dienone is 2. The molecule has 0 N–H and O–H groups in total. The van der Waals surface area contributed by atoms with Crippen LogP contribution in [0.25, 0.3) is 0 Å². The minimum atomic E-state index is -0.478. The van der Waals surface area contributed by atoms with Gasteiger partial charge in [-0.2, -0.15) is 0 Å². The van der Waals surface area contributed by atoms with E-state index in [1.165, 1.54) is 18.2 Å². The molecule has 0 aliphatic heterocycles. The second kappa shape index (κ2) is 4.31. The van der Waals surface area contributed by atoms with E-state index >= 15 is 0 Å². The summed E-state index contributed by atoms with van der Waals surface area (Å²) in [5, 5.41) is 0.0230. The molecule has 0 bridgehead atoms. The molecule has 1 aromatic rings. The maximum atomic E-state index is 13.3. The summed E-state index contributed by atoms with van der Waals surface area (Å²) in [5.74, 6) is -0.956. The highest BCUT2D eigenvalue weighted by Gasteiger charge is 2.16. The Bertz CT molecular complexity index is 378. The minimum absolute atomic E-state index is 0.0230. The Balaban J connectivity index is 2.21. The maximum absolute atomic E-state index is 13.3. The summed E-state index contributed by atoms with van der Waals surface area (Å²) < 4.78 is 26.6. The Morgan fingerprint density at radius 2 is 1.93 bits per heavy atom. The number of alkyl halides is 1. The van der Waals surface area contributed by atoms with Crippen LogP contribution < -0.4 is 0 Å². The fraction of sp³-hybridized carbons (Fsp3) is 0.333. The molecule has 15 heavy (non-hydrogen) atoms. The Morgan fingerprint density at radius 3 is 2.47 bits per heavy atom. The molecule has 1 aromatic carbocycles. The van der Waals surface area contributed by atoms with Crippen LogP contribution in [0.2, 0.25) is 0 Å². The highest BCUT2D eigenvalue weighted by atomic mass is 35.5. The van der Waals surface area contributed by atoms with Gasteiger partial charge in [0.2, 0.25) is 0 Å². The van der Waals surface area contributed by atoms with Crippen LogP contribution in [0.4, 0.5) is 8.78 Å². The Kier molecular flexibility index (Phi) is 3.06. The number of hydrogen-bond acceptors (Lipinski definition) is 0. The van der Waals surface area contributed by atoms with Crippen LogP contribution in [0, 0.1) is 11.6 Å². The first-order chi connectivity index (χ1) is 7.16. The first-order valence-corrected chi connectivity index (χ1v) is 5.37. The molecular formula is C12H11ClF2. The maximum Gasteiger partial charge on any atom is 0.129 e. The van der Waals surface area contributed by atoms with E-state index in [9.17, 15) is 8.78 Å². The summed E-state index contributed by atoms with van der Waals surface area (Å²) in [6, 6.07) is 3.94. The van der Waals surface area contributed by atoms with Gasteiger partial charge in [-0.1, -0.05) is 17.7 Å². The zero-order valence-corrected chi connectivity index (χ0v) is 8.90. The number of hydrogen-bond donors (Lipinski definition) is 0. The van der Waals surface area contributed by atoms with Crippen LogP contribution >= 0.6 is 11.6 Å². The van der Waals surface area contributed by atoms with E-state index in [2.05, 4.69) is 0 Å². The summed E-state index contributed by atoms with van der Waals surface area (Å²) in [5.41, 5.74) is 1.17. The van der Waals surface area contributed by atoms with Gasteiger partial charge in [-0.05, 0) is 31.4 Å². The molecule has 0 amide bonds. The van der Waals surface area contributed by atoms with Gasteiger partial charge in [0.25, 0.3) is 0 Å². The molecule has 0 nitrogen and oxygen atoms in total. The zero-order chi connectivity index (χ0) is 10.8. The van der Waals surface area contributed by atoms with Crippen molar-refractivity contribution >= 4 is 11.6 Å². The molecule has 0 saturated heterocycles. The average Bonchev–Trinajstić information content (AvgIpc) is 2.58. The molecule has 1 unspecified atom stereocenters. The molecule has 1 atom stereocenters. The van der Waals surface area contributed by atoms with Crippen molar-refractivity contribution in [3.8, 4) is 0 Å². The van der Waals surface area contributed by atoms with E-state index in [1.54, 1.807) is 0 Å². The van der Waals surface area contributed by atoms with Crippen molar-refractivity contribution < 1.29 is 8.78 Å². The molecule has 1 aliphatic carbocycles. The second-order valence-corrected chi connectivity index (χ2v) is 4.32. The number of benzene rings is 1. The summed E-state index contributed by atoms with van der Waals surface area (Å²) in [6.07, 6.45) is 3.93. The first-order valence-electron chi connectivity index (χ1n) is 4.93. The van der Waals surface area contributed by atoms with E-state index in [0.717, 1.165) is 18.4 Å². The number of halogens is 3. The van der Waals surface area contributed by atoms with Gasteiger partial charge < -0.3 is 0 Å². The van der Waals surface area contributed by atoms with Gasteiger partial charge in [-0.25, -0.2) is 8.78 Å². The molecule has 1 aliphatic rings. The molecule has 2 rings (SSSR count). The summed E-state index contributed by atoms with van der Waals surface area (Å²) >= 11 is 5.89. The van der Waals surface area contributed by atoms with Crippen molar-refractivity contribution in [1.29, 1.82) is 0 Å². The van der Waals surface area contributed by atoms with E-state index in [4.69, 9.17) is 11.6 Å². The van der Waals surface area contributed by atoms with E-state index < -0.39 is 11.6 Å². The fourth-order valence-corrected chi connectivity index (χ4v) is 2.11. The molecular weight excluding hydrogens is 218 g/mol. The summed E-state index contributed by atoms with van der Waals surface area (Å²) in [6.45, 7) is 0. The third kappa shape index (κ3) is 2.37. The van der Waals surface area contributed by atoms with Crippen molar-refractivity contribution in [2.75, 3.05) is 0 Å². The van der Waals surface area contributed by atoms with Gasteiger partial charge in [0.05, 0.1) is 5.38 Å². The van der Waals surface area contributed by atoms with Gasteiger partial charge in [0, 0.05) is 5.56 Å². The predicted molar refractivity (Wildman–Crippen MR) is 57.0 cm³/mol. The van der Waals surface area contributed by atoms with Crippen LogP contribution in [-0.4, -0.2) is 5.38 Å². The quantitative estimate of drug-likeness (QED) is 0.533. The third-order valence-corrected chi connectivity index (χ3v) is 2.97. The normalized spacial score (nSPS) is 20.5. The van der Waals surface area contributed by atoms with Crippen LogP contribution in [0.1, 0.15) is 18.4 Å². The molecule has 0 spiro atoms. The molecule has 0 fully saturated rings. The van der Waals surface area contributed by atoms with Gasteiger partial charge in [-0.15, -0.1) is 11.6 Å². The lowest BCUT2D eigenvalue weighted by atomic mass is 10.0. The molecule has 0 saturated carbocycles. The summed E-state index contributed by atoms with van der Waals surface area (Å²) in [4.78, 5) is 0. The van der Waals surface area contributed by atoms with Crippen molar-refractivity contribution in [3.63, 3.8) is 0 Å². The molecule has 80 valence electrons. The van der Waals surface area contributed by atoms with Crippen LogP contribution in [0.5, 0.6) is 0 Å². The molecule has 0 radical (unpaired) electrons. The SMILES string of the molecule is Fc1cccc(F)c1CC1=CC(Cl)CC1. The van der Waals surface area contributed by atoms with Crippen LogP contribution in [-0.2, 0) is 6.42 Å².